The van der Waals surface area contributed by atoms with Crippen LogP contribution >= 0.6 is 0 Å². The molecular formula is C90H128O5. The van der Waals surface area contributed by atoms with Crippen LogP contribution in [0.15, 0.2) is 109 Å². The van der Waals surface area contributed by atoms with Gasteiger partial charge < -0.3 is 25.2 Å². The van der Waals surface area contributed by atoms with E-state index in [0.29, 0.717) is 29.6 Å². The van der Waals surface area contributed by atoms with Gasteiger partial charge in [0.05, 0.1) is 6.61 Å². The molecule has 0 spiro atoms. The summed E-state index contributed by atoms with van der Waals surface area (Å²) in [5, 5.41) is 46.0. The summed E-state index contributed by atoms with van der Waals surface area (Å²) in [6, 6.07) is 37.5. The molecule has 0 heterocycles. The first-order valence-corrected chi connectivity index (χ1v) is 36.7. The van der Waals surface area contributed by atoms with Gasteiger partial charge in [-0.05, 0) is 186 Å². The summed E-state index contributed by atoms with van der Waals surface area (Å²) in [4.78, 5) is 0. The highest BCUT2D eigenvalue weighted by atomic mass is 16.5. The van der Waals surface area contributed by atoms with Gasteiger partial charge in [0.15, 0.2) is 0 Å². The van der Waals surface area contributed by atoms with Crippen LogP contribution in [0.2, 0.25) is 0 Å². The Hall–Kier alpha value is -6.46. The highest BCUT2D eigenvalue weighted by molar-refractivity contribution is 5.83. The van der Waals surface area contributed by atoms with E-state index in [9.17, 15) is 20.4 Å². The fourth-order valence-corrected chi connectivity index (χ4v) is 13.8. The molecule has 0 saturated heterocycles. The number of unbranched alkanes of at least 4 members (excludes halogenated alkanes) is 15. The predicted molar refractivity (Wildman–Crippen MR) is 410 cm³/mol. The van der Waals surface area contributed by atoms with E-state index in [4.69, 9.17) is 4.74 Å². The number of ether oxygens (including phenoxy) is 1. The lowest BCUT2D eigenvalue weighted by atomic mass is 9.75. The maximum Gasteiger partial charge on any atom is 0.131 e. The standard InChI is InChI=1S/C54H78O3.C36H50O2/c1-31-37(22-34-25-40(49(4,5)6)46(55)41(26-34)50(7,8)9)32(2)39(24-36-29-44(53(16,17)18)48(57)45(30-36)54(19,20)21)33(3)38(31)23-35-27-42(51(10,11)12)47(56)43(28-35)52(13,14)15;1-2-3-4-5-6-7-8-9-10-11-12-13-14-15-16-23-28-38-33-29-34(31-24-19-17-20-25-31)36(37)35(30-33)32-26-21-18-22-27-32/h25-30,55-57H,22-24H2,1-21H3;17-22,24-27,29-30,37H,2-16,23,28H2,1H3. The largest absolute Gasteiger partial charge is 0.507 e. The Morgan fingerprint density at radius 3 is 0.758 bits per heavy atom. The molecule has 95 heavy (non-hydrogen) atoms. The number of rotatable bonds is 26. The second-order valence-corrected chi connectivity index (χ2v) is 34.2. The number of phenols is 4. The molecule has 518 valence electrons. The van der Waals surface area contributed by atoms with Crippen molar-refractivity contribution >= 4 is 0 Å². The summed E-state index contributed by atoms with van der Waals surface area (Å²) in [6.07, 6.45) is 24.1. The van der Waals surface area contributed by atoms with E-state index in [-0.39, 0.29) is 32.5 Å². The third kappa shape index (κ3) is 21.5. The van der Waals surface area contributed by atoms with Gasteiger partial charge in [-0.25, -0.2) is 0 Å². The first kappa shape index (κ1) is 77.5. The van der Waals surface area contributed by atoms with Crippen LogP contribution in [0.1, 0.15) is 318 Å². The number of aromatic hydroxyl groups is 4. The number of phenolic OH excluding ortho intramolecular Hbond substituents is 4. The molecule has 0 fully saturated rings. The molecule has 0 radical (unpaired) electrons. The Morgan fingerprint density at radius 2 is 0.526 bits per heavy atom. The summed E-state index contributed by atoms with van der Waals surface area (Å²) in [6.45, 7) is 49.2. The third-order valence-electron chi connectivity index (χ3n) is 19.7. The molecular weight excluding hydrogens is 1160 g/mol. The predicted octanol–water partition coefficient (Wildman–Crippen LogP) is 25.7. The molecule has 0 aliphatic heterocycles. The fraction of sp³-hybridized carbons (Fsp3) is 0.533. The van der Waals surface area contributed by atoms with Gasteiger partial charge in [-0.1, -0.05) is 325 Å². The van der Waals surface area contributed by atoms with Crippen LogP contribution in [0, 0.1) is 20.8 Å². The van der Waals surface area contributed by atoms with Crippen molar-refractivity contribution in [2.24, 2.45) is 0 Å². The molecule has 0 aliphatic carbocycles. The van der Waals surface area contributed by atoms with Gasteiger partial charge in [-0.3, -0.25) is 0 Å². The lowest BCUT2D eigenvalue weighted by molar-refractivity contribution is 0.304. The fourth-order valence-electron chi connectivity index (χ4n) is 13.8. The highest BCUT2D eigenvalue weighted by Crippen LogP contribution is 2.46. The van der Waals surface area contributed by atoms with Crippen LogP contribution in [-0.4, -0.2) is 27.0 Å². The topological polar surface area (TPSA) is 90.2 Å². The third-order valence-corrected chi connectivity index (χ3v) is 19.7. The van der Waals surface area contributed by atoms with E-state index in [2.05, 4.69) is 189 Å². The van der Waals surface area contributed by atoms with Crippen molar-refractivity contribution in [3.05, 3.63) is 193 Å². The summed E-state index contributed by atoms with van der Waals surface area (Å²) in [5.74, 6) is 2.35. The van der Waals surface area contributed by atoms with E-state index >= 15 is 0 Å². The van der Waals surface area contributed by atoms with Gasteiger partial charge in [0.25, 0.3) is 0 Å². The van der Waals surface area contributed by atoms with Crippen molar-refractivity contribution in [1.29, 1.82) is 0 Å². The van der Waals surface area contributed by atoms with Gasteiger partial charge in [-0.2, -0.15) is 0 Å². The first-order valence-electron chi connectivity index (χ1n) is 36.7. The molecule has 7 aromatic carbocycles. The smallest absolute Gasteiger partial charge is 0.131 e. The maximum absolute atomic E-state index is 11.6. The van der Waals surface area contributed by atoms with E-state index in [1.807, 2.05) is 72.8 Å². The van der Waals surface area contributed by atoms with Crippen LogP contribution in [0.25, 0.3) is 22.3 Å². The zero-order valence-electron chi connectivity index (χ0n) is 63.7. The van der Waals surface area contributed by atoms with E-state index < -0.39 is 0 Å². The minimum atomic E-state index is -0.226. The molecule has 0 bridgehead atoms. The van der Waals surface area contributed by atoms with Gasteiger partial charge in [0.1, 0.15) is 28.7 Å². The van der Waals surface area contributed by atoms with Gasteiger partial charge >= 0.3 is 0 Å². The highest BCUT2D eigenvalue weighted by Gasteiger charge is 2.32. The van der Waals surface area contributed by atoms with Crippen LogP contribution in [0.4, 0.5) is 0 Å². The van der Waals surface area contributed by atoms with Crippen molar-refractivity contribution in [2.75, 3.05) is 6.61 Å². The van der Waals surface area contributed by atoms with Gasteiger partial charge in [0, 0.05) is 11.1 Å². The van der Waals surface area contributed by atoms with Crippen molar-refractivity contribution in [1.82, 2.24) is 0 Å². The molecule has 7 aromatic rings. The molecule has 0 unspecified atom stereocenters. The first-order chi connectivity index (χ1) is 44.3. The molecule has 0 aromatic heterocycles. The monoisotopic (exact) mass is 1290 g/mol. The number of hydrogen-bond acceptors (Lipinski definition) is 5. The summed E-state index contributed by atoms with van der Waals surface area (Å²) >= 11 is 0. The molecule has 4 N–H and O–H groups in total. The summed E-state index contributed by atoms with van der Waals surface area (Å²) in [5.41, 5.74) is 19.7. The van der Waals surface area contributed by atoms with Crippen molar-refractivity contribution in [3.63, 3.8) is 0 Å². The molecule has 0 saturated carbocycles. The molecule has 5 heteroatoms. The summed E-state index contributed by atoms with van der Waals surface area (Å²) < 4.78 is 6.19. The quantitative estimate of drug-likeness (QED) is 0.0406. The van der Waals surface area contributed by atoms with Crippen LogP contribution < -0.4 is 4.74 Å². The average molecular weight is 1290 g/mol. The van der Waals surface area contributed by atoms with E-state index in [1.165, 1.54) is 146 Å². The normalized spacial score (nSPS) is 12.5. The lowest BCUT2D eigenvalue weighted by Gasteiger charge is -2.30. The SMILES string of the molecule is CCCCCCCCCCCCCCCCCCOc1cc(-c2ccccc2)c(O)c(-c2ccccc2)c1.Cc1c(Cc2cc(C(C)(C)C)c(O)c(C(C)(C)C)c2)c(C)c(Cc2cc(C(C)(C)C)c(O)c(C(C)(C)C)c2)c(C)c1Cc1cc(C(C)(C)C)c(O)c(C(C)(C)C)c1. The Balaban J connectivity index is 0.000000326. The van der Waals surface area contributed by atoms with Gasteiger partial charge in [0.2, 0.25) is 0 Å². The minimum Gasteiger partial charge on any atom is -0.507 e. The maximum atomic E-state index is 11.6. The van der Waals surface area contributed by atoms with Crippen LogP contribution in [0.3, 0.4) is 0 Å². The minimum absolute atomic E-state index is 0.226. The van der Waals surface area contributed by atoms with Crippen molar-refractivity contribution < 1.29 is 25.2 Å². The molecule has 0 aliphatic rings. The lowest BCUT2D eigenvalue weighted by Crippen LogP contribution is -2.19. The molecule has 0 atom stereocenters. The van der Waals surface area contributed by atoms with E-state index in [1.54, 1.807) is 0 Å². The average Bonchev–Trinajstić information content (AvgIpc) is 0.767. The summed E-state index contributed by atoms with van der Waals surface area (Å²) in [7, 11) is 0. The Labute approximate surface area is 579 Å². The zero-order chi connectivity index (χ0) is 70.4. The van der Waals surface area contributed by atoms with Crippen LogP contribution in [0.5, 0.6) is 28.7 Å². The van der Waals surface area contributed by atoms with Crippen molar-refractivity contribution in [3.8, 4) is 51.0 Å². The van der Waals surface area contributed by atoms with Gasteiger partial charge in [-0.15, -0.1) is 0 Å². The molecule has 7 rings (SSSR count). The van der Waals surface area contributed by atoms with Crippen LogP contribution in [-0.2, 0) is 51.8 Å². The second kappa shape index (κ2) is 33.2. The second-order valence-electron chi connectivity index (χ2n) is 34.2. The Morgan fingerprint density at radius 1 is 0.295 bits per heavy atom. The molecule has 0 amide bonds. The number of benzene rings is 7. The number of hydrogen-bond donors (Lipinski definition) is 4. The van der Waals surface area contributed by atoms with E-state index in [0.717, 1.165) is 87.1 Å². The zero-order valence-corrected chi connectivity index (χ0v) is 63.7. The Bertz CT molecular complexity index is 3160. The molecule has 5 nitrogen and oxygen atoms in total. The van der Waals surface area contributed by atoms with Crippen molar-refractivity contribution in [2.45, 2.75) is 307 Å². The Kier molecular flexibility index (Phi) is 27.1.